The van der Waals surface area contributed by atoms with Crippen LogP contribution in [0.15, 0.2) is 18.2 Å². The topological polar surface area (TPSA) is 78.4 Å². The minimum Gasteiger partial charge on any atom is -0.481 e. The van der Waals surface area contributed by atoms with E-state index in [1.54, 1.807) is 12.1 Å². The van der Waals surface area contributed by atoms with Gasteiger partial charge in [0.1, 0.15) is 0 Å². The fourth-order valence-electron chi connectivity index (χ4n) is 1.32. The van der Waals surface area contributed by atoms with E-state index in [0.29, 0.717) is 10.7 Å². The first kappa shape index (κ1) is 15.3. The summed E-state index contributed by atoms with van der Waals surface area (Å²) >= 11 is 5.98. The van der Waals surface area contributed by atoms with Gasteiger partial charge in [0.05, 0.1) is 16.1 Å². The Bertz CT molecular complexity index is 480. The van der Waals surface area contributed by atoms with Crippen molar-refractivity contribution in [1.29, 1.82) is 0 Å². The van der Waals surface area contributed by atoms with Crippen LogP contribution in [-0.4, -0.2) is 23.7 Å². The van der Waals surface area contributed by atoms with Crippen LogP contribution in [0.25, 0.3) is 0 Å². The number of aliphatic carboxylic acids is 1. The quantitative estimate of drug-likeness (QED) is 0.795. The lowest BCUT2D eigenvalue weighted by Crippen LogP contribution is -2.40. The first-order chi connectivity index (χ1) is 8.74. The zero-order valence-electron chi connectivity index (χ0n) is 11.1. The molecule has 104 valence electrons. The molecule has 0 spiro atoms. The summed E-state index contributed by atoms with van der Waals surface area (Å²) < 4.78 is 0. The van der Waals surface area contributed by atoms with Crippen LogP contribution < -0.4 is 10.6 Å². The second-order valence-electron chi connectivity index (χ2n) is 4.93. The van der Waals surface area contributed by atoms with E-state index in [9.17, 15) is 9.59 Å². The van der Waals surface area contributed by atoms with Gasteiger partial charge >= 0.3 is 12.0 Å². The zero-order valence-corrected chi connectivity index (χ0v) is 11.8. The van der Waals surface area contributed by atoms with Crippen molar-refractivity contribution in [2.45, 2.75) is 20.8 Å². The number of amides is 2. The number of hydrogen-bond donors (Lipinski definition) is 3. The predicted octanol–water partition coefficient (Wildman–Crippen LogP) is 2.88. The maximum atomic E-state index is 11.7. The number of urea groups is 1. The molecule has 1 aromatic carbocycles. The van der Waals surface area contributed by atoms with Gasteiger partial charge in [-0.2, -0.15) is 0 Å². The van der Waals surface area contributed by atoms with Crippen LogP contribution in [0.3, 0.4) is 0 Å². The number of carbonyl (C=O) groups is 2. The predicted molar refractivity (Wildman–Crippen MR) is 74.6 cm³/mol. The molecule has 0 unspecified atom stereocenters. The molecular formula is C13H17ClN2O3. The summed E-state index contributed by atoms with van der Waals surface area (Å²) in [4.78, 5) is 22.6. The van der Waals surface area contributed by atoms with E-state index in [1.165, 1.54) is 13.8 Å². The number of carbonyl (C=O) groups excluding carboxylic acids is 1. The van der Waals surface area contributed by atoms with E-state index in [-0.39, 0.29) is 6.54 Å². The molecule has 3 N–H and O–H groups in total. The fourth-order valence-corrected chi connectivity index (χ4v) is 1.59. The molecule has 5 nitrogen and oxygen atoms in total. The Labute approximate surface area is 117 Å². The van der Waals surface area contributed by atoms with Crippen molar-refractivity contribution in [3.05, 3.63) is 28.8 Å². The molecular weight excluding hydrogens is 268 g/mol. The van der Waals surface area contributed by atoms with Crippen LogP contribution >= 0.6 is 11.6 Å². The molecule has 0 aliphatic rings. The Hall–Kier alpha value is -1.75. The van der Waals surface area contributed by atoms with Crippen molar-refractivity contribution in [3.63, 3.8) is 0 Å². The molecule has 0 bridgehead atoms. The summed E-state index contributed by atoms with van der Waals surface area (Å²) in [6.07, 6.45) is 0. The van der Waals surface area contributed by atoms with E-state index in [1.807, 2.05) is 13.0 Å². The highest BCUT2D eigenvalue weighted by molar-refractivity contribution is 6.33. The van der Waals surface area contributed by atoms with E-state index >= 15 is 0 Å². The number of rotatable bonds is 4. The van der Waals surface area contributed by atoms with Gasteiger partial charge in [0.15, 0.2) is 0 Å². The van der Waals surface area contributed by atoms with Crippen molar-refractivity contribution >= 4 is 29.3 Å². The molecule has 2 amide bonds. The Kier molecular flexibility index (Phi) is 4.78. The number of carboxylic acid groups (broad SMARTS) is 1. The molecule has 0 atom stereocenters. The highest BCUT2D eigenvalue weighted by Crippen LogP contribution is 2.25. The maximum Gasteiger partial charge on any atom is 0.319 e. The van der Waals surface area contributed by atoms with Gasteiger partial charge in [-0.1, -0.05) is 23.7 Å². The van der Waals surface area contributed by atoms with Crippen LogP contribution in [-0.2, 0) is 4.79 Å². The monoisotopic (exact) mass is 284 g/mol. The lowest BCUT2D eigenvalue weighted by atomic mass is 9.94. The highest BCUT2D eigenvalue weighted by atomic mass is 35.5. The van der Waals surface area contributed by atoms with Crippen LogP contribution in [0.2, 0.25) is 5.02 Å². The number of nitrogens with one attached hydrogen (secondary N) is 2. The minimum atomic E-state index is -1.02. The number of carboxylic acids is 1. The molecule has 0 fully saturated rings. The SMILES string of the molecule is Cc1cccc(Cl)c1NC(=O)NCC(C)(C)C(=O)O. The van der Waals surface area contributed by atoms with Crippen LogP contribution in [0.1, 0.15) is 19.4 Å². The summed E-state index contributed by atoms with van der Waals surface area (Å²) in [5.74, 6) is -0.971. The zero-order chi connectivity index (χ0) is 14.6. The lowest BCUT2D eigenvalue weighted by Gasteiger charge is -2.20. The van der Waals surface area contributed by atoms with E-state index in [0.717, 1.165) is 5.56 Å². The van der Waals surface area contributed by atoms with Gasteiger partial charge in [-0.15, -0.1) is 0 Å². The standard InChI is InChI=1S/C13H17ClN2O3/c1-8-5-4-6-9(14)10(8)16-12(19)15-7-13(2,3)11(17)18/h4-6H,7H2,1-3H3,(H,17,18)(H2,15,16,19). The number of halogens is 1. The summed E-state index contributed by atoms with van der Waals surface area (Å²) in [6.45, 7) is 4.92. The number of para-hydroxylation sites is 1. The number of benzene rings is 1. The molecule has 0 heterocycles. The molecule has 0 aromatic heterocycles. The van der Waals surface area contributed by atoms with Crippen molar-refractivity contribution in [2.75, 3.05) is 11.9 Å². The van der Waals surface area contributed by atoms with Gasteiger partial charge in [-0.05, 0) is 32.4 Å². The third kappa shape index (κ3) is 4.13. The highest BCUT2D eigenvalue weighted by Gasteiger charge is 2.27. The number of aryl methyl sites for hydroxylation is 1. The van der Waals surface area contributed by atoms with Crippen LogP contribution in [0.4, 0.5) is 10.5 Å². The fraction of sp³-hybridized carbons (Fsp3) is 0.385. The van der Waals surface area contributed by atoms with E-state index < -0.39 is 17.4 Å². The summed E-state index contributed by atoms with van der Waals surface area (Å²) in [5.41, 5.74) is 0.335. The average Bonchev–Trinajstić information content (AvgIpc) is 2.31. The van der Waals surface area contributed by atoms with Crippen molar-refractivity contribution in [3.8, 4) is 0 Å². The lowest BCUT2D eigenvalue weighted by molar-refractivity contribution is -0.146. The van der Waals surface area contributed by atoms with E-state index in [2.05, 4.69) is 10.6 Å². The first-order valence-corrected chi connectivity index (χ1v) is 6.15. The Morgan fingerprint density at radius 2 is 2.00 bits per heavy atom. The molecule has 0 aliphatic carbocycles. The van der Waals surface area contributed by atoms with Gasteiger partial charge in [0.25, 0.3) is 0 Å². The second-order valence-corrected chi connectivity index (χ2v) is 5.34. The molecule has 6 heteroatoms. The number of hydrogen-bond acceptors (Lipinski definition) is 2. The molecule has 0 aliphatic heterocycles. The molecule has 19 heavy (non-hydrogen) atoms. The Morgan fingerprint density at radius 3 is 2.53 bits per heavy atom. The van der Waals surface area contributed by atoms with Gasteiger partial charge in [-0.25, -0.2) is 4.79 Å². The van der Waals surface area contributed by atoms with Crippen molar-refractivity contribution < 1.29 is 14.7 Å². The summed E-state index contributed by atoms with van der Waals surface area (Å²) in [7, 11) is 0. The normalized spacial score (nSPS) is 10.9. The first-order valence-electron chi connectivity index (χ1n) is 5.77. The average molecular weight is 285 g/mol. The molecule has 0 saturated carbocycles. The summed E-state index contributed by atoms with van der Waals surface area (Å²) in [5, 5.41) is 14.5. The third-order valence-electron chi connectivity index (χ3n) is 2.73. The molecule has 1 rings (SSSR count). The second kappa shape index (κ2) is 5.93. The molecule has 0 radical (unpaired) electrons. The maximum absolute atomic E-state index is 11.7. The molecule has 0 saturated heterocycles. The largest absolute Gasteiger partial charge is 0.481 e. The van der Waals surface area contributed by atoms with Crippen LogP contribution in [0, 0.1) is 12.3 Å². The molecule has 1 aromatic rings. The van der Waals surface area contributed by atoms with Gasteiger partial charge in [-0.3, -0.25) is 4.79 Å². The smallest absolute Gasteiger partial charge is 0.319 e. The van der Waals surface area contributed by atoms with Gasteiger partial charge in [0, 0.05) is 6.54 Å². The summed E-state index contributed by atoms with van der Waals surface area (Å²) in [6, 6.07) is 4.80. The Balaban J connectivity index is 2.64. The van der Waals surface area contributed by atoms with Crippen molar-refractivity contribution in [1.82, 2.24) is 5.32 Å². The van der Waals surface area contributed by atoms with Crippen LogP contribution in [0.5, 0.6) is 0 Å². The number of anilines is 1. The van der Waals surface area contributed by atoms with E-state index in [4.69, 9.17) is 16.7 Å². The Morgan fingerprint density at radius 1 is 1.37 bits per heavy atom. The third-order valence-corrected chi connectivity index (χ3v) is 3.05. The van der Waals surface area contributed by atoms with Crippen molar-refractivity contribution in [2.24, 2.45) is 5.41 Å². The van der Waals surface area contributed by atoms with Gasteiger partial charge < -0.3 is 15.7 Å². The van der Waals surface area contributed by atoms with Gasteiger partial charge in [0.2, 0.25) is 0 Å². The minimum absolute atomic E-state index is 0.0255.